The van der Waals surface area contributed by atoms with Gasteiger partial charge in [0, 0.05) is 29.3 Å². The standard InChI is InChI=1S/C22H20ClFN4OS2/c1-3-28-20(11-29-17-8-9-19(24)18(23)10-17)26-27-22(28)31-13-16-12-30-21(25-16)15-6-4-14(2)5-7-15/h4-10,12H,3,11,13H2,1-2H3. The molecule has 2 aromatic carbocycles. The topological polar surface area (TPSA) is 52.8 Å². The molecule has 9 heteroatoms. The van der Waals surface area contributed by atoms with Crippen LogP contribution < -0.4 is 4.74 Å². The fourth-order valence-electron chi connectivity index (χ4n) is 2.91. The highest BCUT2D eigenvalue weighted by atomic mass is 35.5. The molecule has 2 aromatic heterocycles. The first-order valence-corrected chi connectivity index (χ1v) is 11.9. The SMILES string of the molecule is CCn1c(COc2ccc(F)c(Cl)c2)nnc1SCc1csc(-c2ccc(C)cc2)n1. The van der Waals surface area contributed by atoms with Gasteiger partial charge in [0.2, 0.25) is 0 Å². The van der Waals surface area contributed by atoms with E-state index in [1.165, 1.54) is 23.8 Å². The van der Waals surface area contributed by atoms with Gasteiger partial charge in [-0.1, -0.05) is 53.2 Å². The van der Waals surface area contributed by atoms with E-state index in [1.54, 1.807) is 23.1 Å². The van der Waals surface area contributed by atoms with Crippen LogP contribution in [-0.4, -0.2) is 19.7 Å². The Morgan fingerprint density at radius 1 is 1.16 bits per heavy atom. The maximum absolute atomic E-state index is 13.3. The van der Waals surface area contributed by atoms with E-state index in [0.29, 0.717) is 23.9 Å². The summed E-state index contributed by atoms with van der Waals surface area (Å²) in [5.74, 6) is 1.41. The van der Waals surface area contributed by atoms with Gasteiger partial charge in [-0.3, -0.25) is 0 Å². The Bertz CT molecular complexity index is 1180. The van der Waals surface area contributed by atoms with Gasteiger partial charge in [-0.15, -0.1) is 21.5 Å². The number of thioether (sulfide) groups is 1. The molecule has 0 spiro atoms. The second-order valence-corrected chi connectivity index (χ2v) is 9.01. The molecule has 2 heterocycles. The van der Waals surface area contributed by atoms with Crippen LogP contribution in [0.15, 0.2) is 53.0 Å². The molecular formula is C22H20ClFN4OS2. The Kier molecular flexibility index (Phi) is 6.89. The third-order valence-corrected chi connectivity index (χ3v) is 6.80. The molecule has 0 fully saturated rings. The summed E-state index contributed by atoms with van der Waals surface area (Å²) in [6.45, 7) is 5.04. The molecule has 0 N–H and O–H groups in total. The lowest BCUT2D eigenvalue weighted by Crippen LogP contribution is -2.07. The molecule has 4 rings (SSSR count). The van der Waals surface area contributed by atoms with Gasteiger partial charge >= 0.3 is 0 Å². The number of aryl methyl sites for hydroxylation is 1. The Morgan fingerprint density at radius 3 is 2.71 bits per heavy atom. The number of nitrogens with zero attached hydrogens (tertiary/aromatic N) is 4. The number of hydrogen-bond donors (Lipinski definition) is 0. The minimum Gasteiger partial charge on any atom is -0.486 e. The van der Waals surface area contributed by atoms with E-state index in [-0.39, 0.29) is 11.6 Å². The maximum Gasteiger partial charge on any atom is 0.191 e. The molecule has 4 aromatic rings. The lowest BCUT2D eigenvalue weighted by molar-refractivity contribution is 0.288. The minimum atomic E-state index is -0.475. The molecule has 0 amide bonds. The van der Waals surface area contributed by atoms with E-state index in [1.807, 2.05) is 11.5 Å². The van der Waals surface area contributed by atoms with Crippen molar-refractivity contribution < 1.29 is 9.13 Å². The summed E-state index contributed by atoms with van der Waals surface area (Å²) >= 11 is 9.04. The second kappa shape index (κ2) is 9.80. The Labute approximate surface area is 193 Å². The molecule has 0 saturated heterocycles. The predicted molar refractivity (Wildman–Crippen MR) is 123 cm³/mol. The van der Waals surface area contributed by atoms with Crippen molar-refractivity contribution >= 4 is 34.7 Å². The van der Waals surface area contributed by atoms with E-state index in [9.17, 15) is 4.39 Å². The Balaban J connectivity index is 1.39. The molecule has 0 radical (unpaired) electrons. The zero-order valence-corrected chi connectivity index (χ0v) is 19.4. The lowest BCUT2D eigenvalue weighted by Gasteiger charge is -2.09. The fraction of sp³-hybridized carbons (Fsp3) is 0.227. The van der Waals surface area contributed by atoms with E-state index in [2.05, 4.69) is 46.8 Å². The van der Waals surface area contributed by atoms with Gasteiger partial charge in [-0.25, -0.2) is 9.37 Å². The molecule has 0 aliphatic carbocycles. The van der Waals surface area contributed by atoms with Gasteiger partial charge < -0.3 is 9.30 Å². The first-order valence-electron chi connectivity index (χ1n) is 9.67. The highest BCUT2D eigenvalue weighted by Gasteiger charge is 2.14. The molecule has 160 valence electrons. The van der Waals surface area contributed by atoms with Crippen LogP contribution in [0, 0.1) is 12.7 Å². The van der Waals surface area contributed by atoms with Crippen molar-refractivity contribution in [2.75, 3.05) is 0 Å². The van der Waals surface area contributed by atoms with Crippen molar-refractivity contribution in [3.63, 3.8) is 0 Å². The molecule has 0 unspecified atom stereocenters. The number of halogens is 2. The van der Waals surface area contributed by atoms with E-state index < -0.39 is 5.82 Å². The fourth-order valence-corrected chi connectivity index (χ4v) is 4.92. The lowest BCUT2D eigenvalue weighted by atomic mass is 10.2. The average molecular weight is 475 g/mol. The number of rotatable bonds is 8. The zero-order chi connectivity index (χ0) is 21.8. The van der Waals surface area contributed by atoms with Crippen molar-refractivity contribution in [1.29, 1.82) is 0 Å². The summed E-state index contributed by atoms with van der Waals surface area (Å²) in [6.07, 6.45) is 0. The summed E-state index contributed by atoms with van der Waals surface area (Å²) in [6, 6.07) is 12.7. The van der Waals surface area contributed by atoms with Crippen molar-refractivity contribution in [2.45, 2.75) is 37.9 Å². The van der Waals surface area contributed by atoms with Crippen molar-refractivity contribution in [2.24, 2.45) is 0 Å². The number of benzene rings is 2. The Hall–Kier alpha value is -2.42. The summed E-state index contributed by atoms with van der Waals surface area (Å²) in [4.78, 5) is 4.75. The van der Waals surface area contributed by atoms with Gasteiger partial charge in [0.05, 0.1) is 10.7 Å². The quantitative estimate of drug-likeness (QED) is 0.277. The van der Waals surface area contributed by atoms with Crippen molar-refractivity contribution in [3.8, 4) is 16.3 Å². The summed E-state index contributed by atoms with van der Waals surface area (Å²) < 4.78 is 21.0. The predicted octanol–water partition coefficient (Wildman–Crippen LogP) is 6.39. The number of thiazole rings is 1. The minimum absolute atomic E-state index is 0.0268. The first-order chi connectivity index (χ1) is 15.0. The molecule has 0 aliphatic rings. The maximum atomic E-state index is 13.3. The van der Waals surface area contributed by atoms with E-state index >= 15 is 0 Å². The molecule has 0 aliphatic heterocycles. The third kappa shape index (κ3) is 5.26. The van der Waals surface area contributed by atoms with Gasteiger partial charge in [0.25, 0.3) is 0 Å². The van der Waals surface area contributed by atoms with Crippen LogP contribution in [0.2, 0.25) is 5.02 Å². The smallest absolute Gasteiger partial charge is 0.191 e. The van der Waals surface area contributed by atoms with Crippen molar-refractivity contribution in [3.05, 3.63) is 75.8 Å². The second-order valence-electron chi connectivity index (χ2n) is 6.81. The molecule has 31 heavy (non-hydrogen) atoms. The molecule has 5 nitrogen and oxygen atoms in total. The average Bonchev–Trinajstić information content (AvgIpc) is 3.40. The summed E-state index contributed by atoms with van der Waals surface area (Å²) in [7, 11) is 0. The van der Waals surface area contributed by atoms with Crippen LogP contribution in [-0.2, 0) is 18.9 Å². The normalized spacial score (nSPS) is 11.1. The van der Waals surface area contributed by atoms with E-state index in [0.717, 1.165) is 21.4 Å². The van der Waals surface area contributed by atoms with Crippen LogP contribution >= 0.6 is 34.7 Å². The van der Waals surface area contributed by atoms with Gasteiger partial charge in [0.1, 0.15) is 23.2 Å². The van der Waals surface area contributed by atoms with E-state index in [4.69, 9.17) is 21.3 Å². The summed E-state index contributed by atoms with van der Waals surface area (Å²) in [5.41, 5.74) is 3.37. The monoisotopic (exact) mass is 474 g/mol. The largest absolute Gasteiger partial charge is 0.486 e. The van der Waals surface area contributed by atoms with Crippen molar-refractivity contribution in [1.82, 2.24) is 19.7 Å². The first kappa shape index (κ1) is 21.8. The molecule has 0 bridgehead atoms. The summed E-state index contributed by atoms with van der Waals surface area (Å²) in [5, 5.41) is 12.5. The number of hydrogen-bond acceptors (Lipinski definition) is 6. The van der Waals surface area contributed by atoms with Crippen LogP contribution in [0.4, 0.5) is 4.39 Å². The van der Waals surface area contributed by atoms with Gasteiger partial charge in [-0.2, -0.15) is 0 Å². The highest BCUT2D eigenvalue weighted by Crippen LogP contribution is 2.28. The van der Waals surface area contributed by atoms with Crippen LogP contribution in [0.1, 0.15) is 24.0 Å². The highest BCUT2D eigenvalue weighted by molar-refractivity contribution is 7.98. The van der Waals surface area contributed by atoms with Crippen LogP contribution in [0.3, 0.4) is 0 Å². The number of aromatic nitrogens is 4. The Morgan fingerprint density at radius 2 is 1.97 bits per heavy atom. The zero-order valence-electron chi connectivity index (χ0n) is 17.0. The van der Waals surface area contributed by atoms with Gasteiger partial charge in [0.15, 0.2) is 11.0 Å². The molecular weight excluding hydrogens is 455 g/mol. The van der Waals surface area contributed by atoms with Crippen LogP contribution in [0.5, 0.6) is 5.75 Å². The molecule has 0 saturated carbocycles. The third-order valence-electron chi connectivity index (χ3n) is 4.57. The molecule has 0 atom stereocenters. The number of ether oxygens (including phenoxy) is 1. The van der Waals surface area contributed by atoms with Gasteiger partial charge in [-0.05, 0) is 26.0 Å². The van der Waals surface area contributed by atoms with Crippen LogP contribution in [0.25, 0.3) is 10.6 Å².